The Bertz CT molecular complexity index is 134. The van der Waals surface area contributed by atoms with Crippen molar-refractivity contribution in [1.29, 1.82) is 0 Å². The monoisotopic (exact) mass is 163 g/mol. The number of halogens is 2. The summed E-state index contributed by atoms with van der Waals surface area (Å²) >= 11 is 0. The fraction of sp³-hybridized carbons (Fsp3) is 1.00. The van der Waals surface area contributed by atoms with Crippen LogP contribution in [0, 0.1) is 0 Å². The van der Waals surface area contributed by atoms with Gasteiger partial charge < -0.3 is 5.32 Å². The van der Waals surface area contributed by atoms with E-state index >= 15 is 0 Å². The summed E-state index contributed by atoms with van der Waals surface area (Å²) in [4.78, 5) is 0. The maximum absolute atomic E-state index is 12.6. The van der Waals surface area contributed by atoms with Crippen molar-refractivity contribution in [3.05, 3.63) is 0 Å². The summed E-state index contributed by atoms with van der Waals surface area (Å²) in [5.41, 5.74) is 0. The molecule has 0 bridgehead atoms. The first-order valence-corrected chi connectivity index (χ1v) is 4.13. The van der Waals surface area contributed by atoms with Crippen LogP contribution >= 0.6 is 0 Å². The Kier molecular flexibility index (Phi) is 2.47. The van der Waals surface area contributed by atoms with Crippen LogP contribution in [-0.4, -0.2) is 18.0 Å². The highest BCUT2D eigenvalue weighted by Gasteiger charge is 2.39. The quantitative estimate of drug-likeness (QED) is 0.657. The van der Waals surface area contributed by atoms with Crippen LogP contribution in [0.3, 0.4) is 0 Å². The van der Waals surface area contributed by atoms with Gasteiger partial charge in [-0.2, -0.15) is 0 Å². The van der Waals surface area contributed by atoms with Crippen LogP contribution in [0.25, 0.3) is 0 Å². The molecule has 1 aliphatic carbocycles. The van der Waals surface area contributed by atoms with Crippen LogP contribution in [0.1, 0.15) is 33.1 Å². The molecule has 0 heterocycles. The van der Waals surface area contributed by atoms with Crippen molar-refractivity contribution < 1.29 is 8.78 Å². The summed E-state index contributed by atoms with van der Waals surface area (Å²) in [6, 6.07) is 0.346. The molecule has 3 heteroatoms. The average molecular weight is 163 g/mol. The summed E-state index contributed by atoms with van der Waals surface area (Å²) in [5.74, 6) is -2.41. The van der Waals surface area contributed by atoms with Crippen molar-refractivity contribution in [2.75, 3.05) is 0 Å². The molecular weight excluding hydrogens is 148 g/mol. The minimum atomic E-state index is -2.41. The van der Waals surface area contributed by atoms with E-state index in [1.54, 1.807) is 0 Å². The third kappa shape index (κ3) is 2.73. The smallest absolute Gasteiger partial charge is 0.249 e. The SMILES string of the molecule is CC(C)N[C@H]1CCC(F)(F)C1. The summed E-state index contributed by atoms with van der Waals surface area (Å²) in [7, 11) is 0. The van der Waals surface area contributed by atoms with Gasteiger partial charge in [0.05, 0.1) is 0 Å². The highest BCUT2D eigenvalue weighted by molar-refractivity contribution is 4.86. The Morgan fingerprint density at radius 3 is 2.45 bits per heavy atom. The second kappa shape index (κ2) is 3.05. The molecule has 1 N–H and O–H groups in total. The number of hydrogen-bond donors (Lipinski definition) is 1. The number of hydrogen-bond acceptors (Lipinski definition) is 1. The summed E-state index contributed by atoms with van der Waals surface area (Å²) in [5, 5.41) is 3.12. The van der Waals surface area contributed by atoms with Gasteiger partial charge in [0.2, 0.25) is 5.92 Å². The minimum Gasteiger partial charge on any atom is -0.312 e. The number of nitrogens with one attached hydrogen (secondary N) is 1. The van der Waals surface area contributed by atoms with Crippen molar-refractivity contribution in [2.24, 2.45) is 0 Å². The molecule has 1 nitrogen and oxygen atoms in total. The van der Waals surface area contributed by atoms with E-state index in [1.807, 2.05) is 13.8 Å². The van der Waals surface area contributed by atoms with E-state index in [0.717, 1.165) is 0 Å². The molecule has 1 fully saturated rings. The molecule has 66 valence electrons. The predicted octanol–water partition coefficient (Wildman–Crippen LogP) is 2.17. The molecule has 0 spiro atoms. The molecule has 1 atom stereocenters. The molecule has 0 aromatic rings. The lowest BCUT2D eigenvalue weighted by atomic mass is 10.2. The van der Waals surface area contributed by atoms with Gasteiger partial charge in [-0.15, -0.1) is 0 Å². The summed E-state index contributed by atoms with van der Waals surface area (Å²) < 4.78 is 25.2. The van der Waals surface area contributed by atoms with Gasteiger partial charge in [0.15, 0.2) is 0 Å². The zero-order valence-corrected chi connectivity index (χ0v) is 7.03. The van der Waals surface area contributed by atoms with E-state index < -0.39 is 5.92 Å². The molecule has 1 saturated carbocycles. The lowest BCUT2D eigenvalue weighted by molar-refractivity contribution is 0.00672. The normalized spacial score (nSPS) is 29.7. The van der Waals surface area contributed by atoms with E-state index in [-0.39, 0.29) is 18.9 Å². The van der Waals surface area contributed by atoms with Crippen LogP contribution in [0.4, 0.5) is 8.78 Å². The van der Waals surface area contributed by atoms with Crippen molar-refractivity contribution in [2.45, 2.75) is 51.1 Å². The van der Waals surface area contributed by atoms with E-state index in [2.05, 4.69) is 5.32 Å². The molecule has 0 saturated heterocycles. The first-order valence-electron chi connectivity index (χ1n) is 4.13. The second-order valence-corrected chi connectivity index (χ2v) is 3.62. The van der Waals surface area contributed by atoms with Crippen molar-refractivity contribution in [3.63, 3.8) is 0 Å². The highest BCUT2D eigenvalue weighted by atomic mass is 19.3. The largest absolute Gasteiger partial charge is 0.312 e. The Morgan fingerprint density at radius 2 is 2.09 bits per heavy atom. The predicted molar refractivity (Wildman–Crippen MR) is 40.9 cm³/mol. The Balaban J connectivity index is 2.31. The minimum absolute atomic E-state index is 0.0190. The van der Waals surface area contributed by atoms with Crippen molar-refractivity contribution in [3.8, 4) is 0 Å². The van der Waals surface area contributed by atoms with E-state index in [9.17, 15) is 8.78 Å². The average Bonchev–Trinajstić information content (AvgIpc) is 2.08. The Morgan fingerprint density at radius 1 is 1.45 bits per heavy atom. The molecule has 0 amide bonds. The molecule has 0 aromatic heterocycles. The molecule has 0 aliphatic heterocycles. The van der Waals surface area contributed by atoms with Gasteiger partial charge in [0.25, 0.3) is 0 Å². The van der Waals surface area contributed by atoms with Gasteiger partial charge in [-0.3, -0.25) is 0 Å². The highest BCUT2D eigenvalue weighted by Crippen LogP contribution is 2.34. The van der Waals surface area contributed by atoms with Crippen LogP contribution in [-0.2, 0) is 0 Å². The third-order valence-electron chi connectivity index (χ3n) is 1.97. The topological polar surface area (TPSA) is 12.0 Å². The Hall–Kier alpha value is -0.180. The molecule has 11 heavy (non-hydrogen) atoms. The van der Waals surface area contributed by atoms with E-state index in [1.165, 1.54) is 0 Å². The van der Waals surface area contributed by atoms with Crippen molar-refractivity contribution >= 4 is 0 Å². The third-order valence-corrected chi connectivity index (χ3v) is 1.97. The fourth-order valence-corrected chi connectivity index (χ4v) is 1.56. The molecule has 0 aromatic carbocycles. The van der Waals surface area contributed by atoms with Gasteiger partial charge in [0.1, 0.15) is 0 Å². The molecule has 0 unspecified atom stereocenters. The molecule has 1 rings (SSSR count). The fourth-order valence-electron chi connectivity index (χ4n) is 1.56. The second-order valence-electron chi connectivity index (χ2n) is 3.62. The first-order chi connectivity index (χ1) is 4.99. The zero-order valence-electron chi connectivity index (χ0n) is 7.03. The zero-order chi connectivity index (χ0) is 8.48. The molecule has 1 aliphatic rings. The van der Waals surface area contributed by atoms with Crippen LogP contribution < -0.4 is 5.32 Å². The maximum Gasteiger partial charge on any atom is 0.249 e. The van der Waals surface area contributed by atoms with Gasteiger partial charge in [0, 0.05) is 24.9 Å². The summed E-state index contributed by atoms with van der Waals surface area (Å²) in [6.07, 6.45) is 0.688. The number of rotatable bonds is 2. The lowest BCUT2D eigenvalue weighted by Crippen LogP contribution is -2.33. The van der Waals surface area contributed by atoms with Gasteiger partial charge in [-0.25, -0.2) is 8.78 Å². The van der Waals surface area contributed by atoms with Crippen LogP contribution in [0.2, 0.25) is 0 Å². The molecular formula is C8H15F2N. The van der Waals surface area contributed by atoms with Crippen LogP contribution in [0.5, 0.6) is 0 Å². The lowest BCUT2D eigenvalue weighted by Gasteiger charge is -2.15. The van der Waals surface area contributed by atoms with Gasteiger partial charge in [-0.05, 0) is 6.42 Å². The van der Waals surface area contributed by atoms with E-state index in [4.69, 9.17) is 0 Å². The van der Waals surface area contributed by atoms with Crippen molar-refractivity contribution in [1.82, 2.24) is 5.32 Å². The van der Waals surface area contributed by atoms with Crippen LogP contribution in [0.15, 0.2) is 0 Å². The molecule has 0 radical (unpaired) electrons. The standard InChI is InChI=1S/C8H15F2N/c1-6(2)11-7-3-4-8(9,10)5-7/h6-7,11H,3-5H2,1-2H3/t7-/m0/s1. The van der Waals surface area contributed by atoms with Gasteiger partial charge >= 0.3 is 0 Å². The Labute approximate surface area is 66.2 Å². The number of alkyl halides is 2. The maximum atomic E-state index is 12.6. The summed E-state index contributed by atoms with van der Waals surface area (Å²) in [6.45, 7) is 3.97. The van der Waals surface area contributed by atoms with Gasteiger partial charge in [-0.1, -0.05) is 13.8 Å². The first kappa shape index (κ1) is 8.91. The van der Waals surface area contributed by atoms with E-state index in [0.29, 0.717) is 12.5 Å².